The van der Waals surface area contributed by atoms with Gasteiger partial charge in [0.1, 0.15) is 0 Å². The van der Waals surface area contributed by atoms with Gasteiger partial charge in [-0.3, -0.25) is 9.89 Å². The van der Waals surface area contributed by atoms with Crippen molar-refractivity contribution in [1.82, 2.24) is 19.1 Å². The number of nitrogens with one attached hydrogen (secondary N) is 1. The van der Waals surface area contributed by atoms with Crippen molar-refractivity contribution in [2.24, 2.45) is 0 Å². The van der Waals surface area contributed by atoms with Crippen LogP contribution in [0.2, 0.25) is 0 Å². The van der Waals surface area contributed by atoms with E-state index in [1.807, 2.05) is 26.1 Å². The van der Waals surface area contributed by atoms with Gasteiger partial charge in [0, 0.05) is 29.9 Å². The fourth-order valence-electron chi connectivity index (χ4n) is 3.42. The molecule has 0 atom stereocenters. The Balaban J connectivity index is 1.67. The van der Waals surface area contributed by atoms with Crippen molar-refractivity contribution < 1.29 is 0 Å². The summed E-state index contributed by atoms with van der Waals surface area (Å²) in [7, 11) is 0. The fraction of sp³-hybridized carbons (Fsp3) is 0.286. The Kier molecular flexibility index (Phi) is 5.07. The first-order valence-corrected chi connectivity index (χ1v) is 10.1. The zero-order chi connectivity index (χ0) is 19.7. The van der Waals surface area contributed by atoms with Gasteiger partial charge in [0.25, 0.3) is 5.56 Å². The first kappa shape index (κ1) is 18.5. The Morgan fingerprint density at radius 1 is 1.18 bits per heavy atom. The van der Waals surface area contributed by atoms with Crippen molar-refractivity contribution in [2.75, 3.05) is 13.1 Å². The van der Waals surface area contributed by atoms with Crippen LogP contribution < -0.4 is 5.56 Å². The first-order valence-electron chi connectivity index (χ1n) is 9.29. The largest absolute Gasteiger partial charge is 0.293 e. The summed E-state index contributed by atoms with van der Waals surface area (Å²) in [5.74, 6) is 0.580. The van der Waals surface area contributed by atoms with E-state index >= 15 is 0 Å². The lowest BCUT2D eigenvalue weighted by Crippen LogP contribution is -2.17. The molecule has 28 heavy (non-hydrogen) atoms. The quantitative estimate of drug-likeness (QED) is 0.684. The Morgan fingerprint density at radius 3 is 2.54 bits per heavy atom. The number of aromatic nitrogens is 3. The number of nitriles is 1. The van der Waals surface area contributed by atoms with Crippen molar-refractivity contribution in [3.05, 3.63) is 63.7 Å². The molecule has 3 aromatic rings. The second-order valence-corrected chi connectivity index (χ2v) is 8.12. The van der Waals surface area contributed by atoms with Crippen molar-refractivity contribution in [2.45, 2.75) is 31.6 Å². The third-order valence-electron chi connectivity index (χ3n) is 4.94. The molecule has 0 unspecified atom stereocenters. The van der Waals surface area contributed by atoms with Gasteiger partial charge in [-0.1, -0.05) is 12.1 Å². The number of benzene rings is 1. The molecule has 0 bridgehead atoms. The van der Waals surface area contributed by atoms with Crippen LogP contribution in [0.25, 0.3) is 16.9 Å². The molecule has 1 aliphatic heterocycles. The van der Waals surface area contributed by atoms with E-state index in [1.54, 1.807) is 36.2 Å². The highest BCUT2D eigenvalue weighted by atomic mass is 32.2. The summed E-state index contributed by atoms with van der Waals surface area (Å²) in [6, 6.07) is 11.1. The van der Waals surface area contributed by atoms with E-state index in [2.05, 4.69) is 20.5 Å². The molecule has 1 N–H and O–H groups in total. The highest BCUT2D eigenvalue weighted by molar-refractivity contribution is 7.97. The molecule has 6 nitrogen and oxygen atoms in total. The predicted molar refractivity (Wildman–Crippen MR) is 110 cm³/mol. The fourth-order valence-corrected chi connectivity index (χ4v) is 4.45. The van der Waals surface area contributed by atoms with Gasteiger partial charge in [0.15, 0.2) is 5.82 Å². The topological polar surface area (TPSA) is 77.7 Å². The van der Waals surface area contributed by atoms with Crippen LogP contribution in [-0.4, -0.2) is 32.2 Å². The molecule has 1 saturated heterocycles. The second-order valence-electron chi connectivity index (χ2n) is 6.98. The van der Waals surface area contributed by atoms with Crippen LogP contribution in [0.15, 0.2) is 46.2 Å². The minimum atomic E-state index is -0.144. The molecule has 7 heteroatoms. The maximum absolute atomic E-state index is 13.0. The molecule has 4 rings (SSSR count). The molecule has 1 aromatic carbocycles. The molecular formula is C21H21N5OS. The molecule has 0 aliphatic carbocycles. The summed E-state index contributed by atoms with van der Waals surface area (Å²) in [5.41, 5.74) is 3.68. The molecular weight excluding hydrogens is 370 g/mol. The standard InChI is InChI=1S/C21H21N5OS/c1-14-11-19(23-13-18(14)28-25-9-3-4-10-25)26-21(27)20(15(2)24-26)17-7-5-16(12-22)6-8-17/h5-8,11,13,24H,3-4,9-10H2,1-2H3. The average Bonchev–Trinajstić information content (AvgIpc) is 3.31. The van der Waals surface area contributed by atoms with Crippen molar-refractivity contribution in [3.63, 3.8) is 0 Å². The van der Waals surface area contributed by atoms with E-state index in [-0.39, 0.29) is 5.56 Å². The maximum atomic E-state index is 13.0. The lowest BCUT2D eigenvalue weighted by molar-refractivity contribution is 0.586. The van der Waals surface area contributed by atoms with E-state index in [9.17, 15) is 4.79 Å². The van der Waals surface area contributed by atoms with Crippen molar-refractivity contribution in [3.8, 4) is 23.0 Å². The van der Waals surface area contributed by atoms with E-state index < -0.39 is 0 Å². The van der Waals surface area contributed by atoms with Crippen molar-refractivity contribution in [1.29, 1.82) is 5.26 Å². The van der Waals surface area contributed by atoms with Gasteiger partial charge in [-0.25, -0.2) is 14.0 Å². The van der Waals surface area contributed by atoms with Crippen LogP contribution in [0, 0.1) is 25.2 Å². The summed E-state index contributed by atoms with van der Waals surface area (Å²) in [5, 5.41) is 12.1. The summed E-state index contributed by atoms with van der Waals surface area (Å²) >= 11 is 1.74. The average molecular weight is 392 g/mol. The molecule has 1 aliphatic rings. The summed E-state index contributed by atoms with van der Waals surface area (Å²) in [6.07, 6.45) is 4.33. The first-order chi connectivity index (χ1) is 13.6. The van der Waals surface area contributed by atoms with Gasteiger partial charge in [-0.05, 0) is 68.0 Å². The minimum Gasteiger partial charge on any atom is -0.293 e. The summed E-state index contributed by atoms with van der Waals surface area (Å²) in [6.45, 7) is 6.13. The maximum Gasteiger partial charge on any atom is 0.280 e. The molecule has 0 spiro atoms. The molecule has 0 radical (unpaired) electrons. The second kappa shape index (κ2) is 7.66. The Bertz CT molecular complexity index is 1100. The van der Waals surface area contributed by atoms with Gasteiger partial charge in [-0.15, -0.1) is 0 Å². The number of pyridine rings is 1. The van der Waals surface area contributed by atoms with Gasteiger partial charge < -0.3 is 0 Å². The lowest BCUT2D eigenvalue weighted by Gasteiger charge is -2.15. The van der Waals surface area contributed by atoms with E-state index in [4.69, 9.17) is 5.26 Å². The van der Waals surface area contributed by atoms with Crippen LogP contribution in [-0.2, 0) is 0 Å². The lowest BCUT2D eigenvalue weighted by atomic mass is 10.1. The van der Waals surface area contributed by atoms with Gasteiger partial charge in [0.2, 0.25) is 0 Å². The Hall–Kier alpha value is -2.82. The molecule has 0 saturated carbocycles. The summed E-state index contributed by atoms with van der Waals surface area (Å²) in [4.78, 5) is 18.7. The van der Waals surface area contributed by atoms with Crippen LogP contribution in [0.5, 0.6) is 0 Å². The number of hydrogen-bond donors (Lipinski definition) is 1. The van der Waals surface area contributed by atoms with E-state index in [1.165, 1.54) is 17.5 Å². The van der Waals surface area contributed by atoms with Gasteiger partial charge in [0.05, 0.1) is 17.2 Å². The number of rotatable bonds is 4. The normalized spacial score (nSPS) is 14.3. The third-order valence-corrected chi connectivity index (χ3v) is 6.19. The third kappa shape index (κ3) is 3.49. The molecule has 2 aromatic heterocycles. The number of nitrogens with zero attached hydrogens (tertiary/aromatic N) is 4. The smallest absolute Gasteiger partial charge is 0.280 e. The number of aromatic amines is 1. The number of hydrogen-bond acceptors (Lipinski definition) is 5. The van der Waals surface area contributed by atoms with Crippen LogP contribution in [0.3, 0.4) is 0 Å². The SMILES string of the molecule is Cc1cc(-n2[nH]c(C)c(-c3ccc(C#N)cc3)c2=O)ncc1SN1CCCC1. The Labute approximate surface area is 167 Å². The highest BCUT2D eigenvalue weighted by Crippen LogP contribution is 2.29. The van der Waals surface area contributed by atoms with Crippen LogP contribution in [0.4, 0.5) is 0 Å². The molecule has 3 heterocycles. The van der Waals surface area contributed by atoms with Gasteiger partial charge in [-0.2, -0.15) is 5.26 Å². The molecule has 0 amide bonds. The van der Waals surface area contributed by atoms with Crippen LogP contribution >= 0.6 is 11.9 Å². The zero-order valence-electron chi connectivity index (χ0n) is 15.9. The minimum absolute atomic E-state index is 0.144. The number of H-pyrrole nitrogens is 1. The zero-order valence-corrected chi connectivity index (χ0v) is 16.7. The van der Waals surface area contributed by atoms with Crippen molar-refractivity contribution >= 4 is 11.9 Å². The predicted octanol–water partition coefficient (Wildman–Crippen LogP) is 3.82. The van der Waals surface area contributed by atoms with E-state index in [0.29, 0.717) is 16.9 Å². The molecule has 142 valence electrons. The van der Waals surface area contributed by atoms with Crippen LogP contribution in [0.1, 0.15) is 29.7 Å². The van der Waals surface area contributed by atoms with E-state index in [0.717, 1.165) is 34.8 Å². The monoisotopic (exact) mass is 391 g/mol. The Morgan fingerprint density at radius 2 is 1.89 bits per heavy atom. The number of aryl methyl sites for hydroxylation is 2. The molecule has 1 fully saturated rings. The highest BCUT2D eigenvalue weighted by Gasteiger charge is 2.17. The summed E-state index contributed by atoms with van der Waals surface area (Å²) < 4.78 is 3.85. The van der Waals surface area contributed by atoms with Gasteiger partial charge >= 0.3 is 0 Å².